The van der Waals surface area contributed by atoms with Gasteiger partial charge in [0.15, 0.2) is 0 Å². The van der Waals surface area contributed by atoms with Crippen LogP contribution in [0.3, 0.4) is 0 Å². The van der Waals surface area contributed by atoms with Crippen LogP contribution in [-0.2, 0) is 6.54 Å². The summed E-state index contributed by atoms with van der Waals surface area (Å²) in [4.78, 5) is 28.8. The van der Waals surface area contributed by atoms with Gasteiger partial charge in [0.1, 0.15) is 11.1 Å². The van der Waals surface area contributed by atoms with Crippen LogP contribution in [0.5, 0.6) is 0 Å². The van der Waals surface area contributed by atoms with Gasteiger partial charge in [0.2, 0.25) is 5.95 Å². The lowest BCUT2D eigenvalue weighted by Crippen LogP contribution is -2.22. The van der Waals surface area contributed by atoms with Crippen LogP contribution < -0.4 is 16.7 Å². The number of para-hydroxylation sites is 1. The van der Waals surface area contributed by atoms with Crippen molar-refractivity contribution in [2.75, 3.05) is 5.32 Å². The molecule has 0 saturated carbocycles. The number of anilines is 2. The Labute approximate surface area is 173 Å². The molecule has 3 N–H and O–H groups in total. The van der Waals surface area contributed by atoms with E-state index >= 15 is 0 Å². The molecule has 154 valence electrons. The Morgan fingerprint density at radius 3 is 2.53 bits per heavy atom. The van der Waals surface area contributed by atoms with Gasteiger partial charge in [-0.15, -0.1) is 0 Å². The minimum atomic E-state index is -0.794. The molecule has 0 aliphatic heterocycles. The van der Waals surface area contributed by atoms with Gasteiger partial charge in [-0.3, -0.25) is 4.79 Å². The SMILES string of the molecule is CCCn1c(Nc2c(C)cccc2C)nc2cc3c(C)c(C(N)=O)c(=O)oc3cc21. The molecule has 4 rings (SSSR count). The summed E-state index contributed by atoms with van der Waals surface area (Å²) in [6.45, 7) is 8.65. The van der Waals surface area contributed by atoms with Gasteiger partial charge in [-0.25, -0.2) is 9.78 Å². The lowest BCUT2D eigenvalue weighted by Gasteiger charge is -2.14. The van der Waals surface area contributed by atoms with Crippen molar-refractivity contribution >= 4 is 39.5 Å². The number of aromatic nitrogens is 2. The molecule has 4 aromatic rings. The smallest absolute Gasteiger partial charge is 0.349 e. The molecule has 7 nitrogen and oxygen atoms in total. The maximum atomic E-state index is 12.3. The number of imidazole rings is 1. The largest absolute Gasteiger partial charge is 0.422 e. The van der Waals surface area contributed by atoms with Crippen molar-refractivity contribution in [2.24, 2.45) is 5.73 Å². The Balaban J connectivity index is 1.97. The van der Waals surface area contributed by atoms with Crippen molar-refractivity contribution in [1.29, 1.82) is 0 Å². The van der Waals surface area contributed by atoms with Crippen LogP contribution in [0.4, 0.5) is 11.6 Å². The quantitative estimate of drug-likeness (QED) is 0.482. The lowest BCUT2D eigenvalue weighted by atomic mass is 10.1. The monoisotopic (exact) mass is 404 g/mol. The maximum absolute atomic E-state index is 12.3. The van der Waals surface area contributed by atoms with Crippen LogP contribution in [0.25, 0.3) is 22.0 Å². The molecule has 2 aromatic heterocycles. The zero-order valence-electron chi connectivity index (χ0n) is 17.5. The average Bonchev–Trinajstić information content (AvgIpc) is 3.00. The Morgan fingerprint density at radius 1 is 1.20 bits per heavy atom. The molecular weight excluding hydrogens is 380 g/mol. The predicted octanol–water partition coefficient (Wildman–Crippen LogP) is 4.32. The molecular formula is C23H24N4O3. The second kappa shape index (κ2) is 7.33. The summed E-state index contributed by atoms with van der Waals surface area (Å²) in [6, 6.07) is 9.79. The van der Waals surface area contributed by atoms with Crippen molar-refractivity contribution in [1.82, 2.24) is 9.55 Å². The summed E-state index contributed by atoms with van der Waals surface area (Å²) in [5.74, 6) is -0.0770. The molecule has 0 atom stereocenters. The van der Waals surface area contributed by atoms with E-state index in [4.69, 9.17) is 15.1 Å². The molecule has 0 aliphatic rings. The van der Waals surface area contributed by atoms with E-state index in [0.29, 0.717) is 16.5 Å². The molecule has 0 bridgehead atoms. The highest BCUT2D eigenvalue weighted by atomic mass is 16.4. The van der Waals surface area contributed by atoms with Gasteiger partial charge in [-0.05, 0) is 49.9 Å². The zero-order valence-corrected chi connectivity index (χ0v) is 17.5. The van der Waals surface area contributed by atoms with Crippen LogP contribution in [0.1, 0.15) is 40.4 Å². The number of rotatable bonds is 5. The first kappa shape index (κ1) is 19.7. The summed E-state index contributed by atoms with van der Waals surface area (Å²) < 4.78 is 7.51. The third-order valence-corrected chi connectivity index (χ3v) is 5.45. The Hall–Kier alpha value is -3.61. The molecule has 0 unspecified atom stereocenters. The first-order chi connectivity index (χ1) is 14.3. The van der Waals surface area contributed by atoms with Crippen LogP contribution in [0, 0.1) is 20.8 Å². The summed E-state index contributed by atoms with van der Waals surface area (Å²) >= 11 is 0. The van der Waals surface area contributed by atoms with Crippen molar-refractivity contribution in [3.8, 4) is 0 Å². The molecule has 0 spiro atoms. The number of hydrogen-bond donors (Lipinski definition) is 2. The van der Waals surface area contributed by atoms with E-state index in [1.807, 2.05) is 18.2 Å². The minimum Gasteiger partial charge on any atom is -0.422 e. The topological polar surface area (TPSA) is 103 Å². The van der Waals surface area contributed by atoms with Crippen molar-refractivity contribution < 1.29 is 9.21 Å². The molecule has 30 heavy (non-hydrogen) atoms. The van der Waals surface area contributed by atoms with Gasteiger partial charge in [0.05, 0.1) is 11.0 Å². The van der Waals surface area contributed by atoms with Gasteiger partial charge in [-0.1, -0.05) is 25.1 Å². The number of amides is 1. The van der Waals surface area contributed by atoms with E-state index in [1.54, 1.807) is 6.92 Å². The van der Waals surface area contributed by atoms with E-state index in [9.17, 15) is 9.59 Å². The van der Waals surface area contributed by atoms with E-state index in [0.717, 1.165) is 46.8 Å². The van der Waals surface area contributed by atoms with Gasteiger partial charge < -0.3 is 20.0 Å². The highest BCUT2D eigenvalue weighted by Gasteiger charge is 2.19. The van der Waals surface area contributed by atoms with E-state index in [1.165, 1.54) is 0 Å². The summed E-state index contributed by atoms with van der Waals surface area (Å²) in [5.41, 5.74) is 10.3. The predicted molar refractivity (Wildman–Crippen MR) is 119 cm³/mol. The molecule has 2 heterocycles. The van der Waals surface area contributed by atoms with Crippen LogP contribution >= 0.6 is 0 Å². The summed E-state index contributed by atoms with van der Waals surface area (Å²) in [7, 11) is 0. The van der Waals surface area contributed by atoms with Crippen LogP contribution in [0.15, 0.2) is 39.5 Å². The van der Waals surface area contributed by atoms with Gasteiger partial charge in [0, 0.05) is 23.7 Å². The first-order valence-corrected chi connectivity index (χ1v) is 9.92. The Kier molecular flexibility index (Phi) is 4.81. The van der Waals surface area contributed by atoms with E-state index in [2.05, 4.69) is 42.8 Å². The number of carbonyl (C=O) groups excluding carboxylic acids is 1. The molecule has 0 radical (unpaired) electrons. The van der Waals surface area contributed by atoms with Gasteiger partial charge >= 0.3 is 5.63 Å². The average molecular weight is 404 g/mol. The fraction of sp³-hybridized carbons (Fsp3) is 0.261. The highest BCUT2D eigenvalue weighted by Crippen LogP contribution is 2.31. The second-order valence-electron chi connectivity index (χ2n) is 7.57. The number of benzene rings is 2. The normalized spacial score (nSPS) is 11.3. The first-order valence-electron chi connectivity index (χ1n) is 9.92. The molecule has 2 aromatic carbocycles. The molecule has 0 aliphatic carbocycles. The van der Waals surface area contributed by atoms with Gasteiger partial charge in [-0.2, -0.15) is 0 Å². The van der Waals surface area contributed by atoms with Crippen molar-refractivity contribution in [2.45, 2.75) is 40.7 Å². The molecule has 0 fully saturated rings. The zero-order chi connectivity index (χ0) is 21.6. The fourth-order valence-electron chi connectivity index (χ4n) is 3.92. The van der Waals surface area contributed by atoms with Gasteiger partial charge in [0.25, 0.3) is 5.91 Å². The summed E-state index contributed by atoms with van der Waals surface area (Å²) in [5, 5.41) is 4.13. The molecule has 1 amide bonds. The van der Waals surface area contributed by atoms with Crippen molar-refractivity contribution in [3.63, 3.8) is 0 Å². The number of primary amides is 1. The number of nitrogens with two attached hydrogens (primary N) is 1. The number of carbonyl (C=O) groups is 1. The summed E-state index contributed by atoms with van der Waals surface area (Å²) in [6.07, 6.45) is 0.911. The number of nitrogens with one attached hydrogen (secondary N) is 1. The number of hydrogen-bond acceptors (Lipinski definition) is 5. The highest BCUT2D eigenvalue weighted by molar-refractivity contribution is 6.01. The second-order valence-corrected chi connectivity index (χ2v) is 7.57. The van der Waals surface area contributed by atoms with Crippen LogP contribution in [0.2, 0.25) is 0 Å². The standard InChI is InChI=1S/C23H24N4O3/c1-5-9-27-17-11-18-15(14(4)19(21(24)28)22(29)30-18)10-16(17)25-23(27)26-20-12(2)7-6-8-13(20)3/h6-8,10-11H,5,9H2,1-4H3,(H2,24,28)(H,25,26). The lowest BCUT2D eigenvalue weighted by molar-refractivity contribution is 0.0996. The Bertz CT molecular complexity index is 1340. The number of fused-ring (bicyclic) bond motifs is 2. The van der Waals surface area contributed by atoms with E-state index in [-0.39, 0.29) is 5.56 Å². The third-order valence-electron chi connectivity index (χ3n) is 5.45. The fourth-order valence-corrected chi connectivity index (χ4v) is 3.92. The number of aryl methyl sites for hydroxylation is 4. The van der Waals surface area contributed by atoms with Crippen LogP contribution in [-0.4, -0.2) is 15.5 Å². The Morgan fingerprint density at radius 2 is 1.90 bits per heavy atom. The van der Waals surface area contributed by atoms with Crippen molar-refractivity contribution in [3.05, 3.63) is 63.0 Å². The number of nitrogens with zero attached hydrogens (tertiary/aromatic N) is 2. The minimum absolute atomic E-state index is 0.122. The van der Waals surface area contributed by atoms with E-state index < -0.39 is 11.5 Å². The molecule has 0 saturated heterocycles. The maximum Gasteiger partial charge on any atom is 0.349 e. The third kappa shape index (κ3) is 3.12. The molecule has 7 heteroatoms.